The lowest BCUT2D eigenvalue weighted by Gasteiger charge is -2.17. The molecule has 0 amide bonds. The van der Waals surface area contributed by atoms with Gasteiger partial charge in [-0.15, -0.1) is 0 Å². The van der Waals surface area contributed by atoms with Crippen LogP contribution in [0, 0.1) is 20.8 Å². The maximum atomic E-state index is 2.41. The van der Waals surface area contributed by atoms with Crippen molar-refractivity contribution >= 4 is 41.5 Å². The fourth-order valence-electron chi connectivity index (χ4n) is 3.19. The molecule has 0 fully saturated rings. The molecular weight excluding hydrogens is 336 g/mol. The van der Waals surface area contributed by atoms with E-state index < -0.39 is 8.31 Å². The van der Waals surface area contributed by atoms with Crippen LogP contribution in [0.5, 0.6) is 0 Å². The van der Waals surface area contributed by atoms with Gasteiger partial charge in [0.05, 0.1) is 8.31 Å². The summed E-state index contributed by atoms with van der Waals surface area (Å²) in [6, 6.07) is 28.1. The first-order valence-electron chi connectivity index (χ1n) is 8.80. The van der Waals surface area contributed by atoms with E-state index in [4.69, 9.17) is 0 Å². The lowest BCUT2D eigenvalue weighted by molar-refractivity contribution is 1.48. The smallest absolute Gasteiger partial charge is 0.0704 e. The van der Waals surface area contributed by atoms with E-state index >= 15 is 0 Å². The highest BCUT2D eigenvalue weighted by molar-refractivity contribution is 7.45. The third-order valence-corrected chi connectivity index (χ3v) is 24.0. The Labute approximate surface area is 151 Å². The minimum Gasteiger partial charge on any atom is -0.0704 e. The zero-order valence-electron chi connectivity index (χ0n) is 14.9. The highest BCUT2D eigenvalue weighted by Crippen LogP contribution is 1.99. The van der Waals surface area contributed by atoms with E-state index in [-0.39, 0.29) is 17.6 Å². The largest absolute Gasteiger partial charge is 0.0864 e. The molecule has 0 N–H and O–H groups in total. The monoisotopic (exact) mass is 362 g/mol. The van der Waals surface area contributed by atoms with E-state index in [0.717, 1.165) is 0 Å². The van der Waals surface area contributed by atoms with Crippen LogP contribution in [-0.4, -0.2) is 25.9 Å². The van der Waals surface area contributed by atoms with E-state index in [2.05, 4.69) is 93.6 Å². The van der Waals surface area contributed by atoms with Crippen LogP contribution >= 0.6 is 0 Å². The maximum absolute atomic E-state index is 2.41. The summed E-state index contributed by atoms with van der Waals surface area (Å²) in [5.74, 6) is 0. The van der Waals surface area contributed by atoms with Crippen molar-refractivity contribution in [1.82, 2.24) is 0 Å². The molecule has 0 aliphatic carbocycles. The van der Waals surface area contributed by atoms with Gasteiger partial charge in [0.2, 0.25) is 0 Å². The van der Waals surface area contributed by atoms with Crippen molar-refractivity contribution in [2.75, 3.05) is 0 Å². The summed E-state index contributed by atoms with van der Waals surface area (Å²) in [5, 5.41) is 4.95. The molecule has 0 heterocycles. The van der Waals surface area contributed by atoms with E-state index in [1.54, 1.807) is 15.6 Å². The average Bonchev–Trinajstić information content (AvgIpc) is 2.59. The Balaban J connectivity index is 1.85. The Morgan fingerprint density at radius 3 is 1.33 bits per heavy atom. The number of hydrogen-bond acceptors (Lipinski definition) is 0. The van der Waals surface area contributed by atoms with Crippen LogP contribution in [0.2, 0.25) is 0 Å². The van der Waals surface area contributed by atoms with Crippen LogP contribution in [0.3, 0.4) is 0 Å². The summed E-state index contributed by atoms with van der Waals surface area (Å²) >= 11 is 0. The Morgan fingerprint density at radius 1 is 0.542 bits per heavy atom. The van der Waals surface area contributed by atoms with Crippen molar-refractivity contribution in [2.45, 2.75) is 20.8 Å². The van der Waals surface area contributed by atoms with Crippen molar-refractivity contribution in [3.05, 3.63) is 89.5 Å². The van der Waals surface area contributed by atoms with Gasteiger partial charge in [-0.3, -0.25) is 0 Å². The fraction of sp³-hybridized carbons (Fsp3) is 0.143. The molecule has 0 atom stereocenters. The molecule has 0 spiro atoms. The summed E-state index contributed by atoms with van der Waals surface area (Å²) in [4.78, 5) is 0. The first-order valence-corrected chi connectivity index (χ1v) is 17.9. The van der Waals surface area contributed by atoms with Gasteiger partial charge >= 0.3 is 0 Å². The molecule has 3 rings (SSSR count). The zero-order valence-corrected chi connectivity index (χ0v) is 18.9. The normalized spacial score (nSPS) is 12.0. The number of rotatable bonds is 5. The molecule has 0 aliphatic heterocycles. The lowest BCUT2D eigenvalue weighted by Crippen LogP contribution is -2.51. The second-order valence-electron chi connectivity index (χ2n) is 6.90. The topological polar surface area (TPSA) is 0 Å². The Bertz CT molecular complexity index is 729. The van der Waals surface area contributed by atoms with E-state index in [9.17, 15) is 0 Å². The third kappa shape index (κ3) is 4.44. The second kappa shape index (κ2) is 7.92. The van der Waals surface area contributed by atoms with Gasteiger partial charge in [-0.25, -0.2) is 0 Å². The maximum Gasteiger partial charge on any atom is 0.0864 e. The predicted molar refractivity (Wildman–Crippen MR) is 117 cm³/mol. The van der Waals surface area contributed by atoms with Crippen molar-refractivity contribution in [3.8, 4) is 0 Å². The SMILES string of the molecule is Cc1ccc([SiH2][SiH2][SiH](c2ccc(C)cc2)c2ccc(C)cc2)cc1. The van der Waals surface area contributed by atoms with Crippen LogP contribution < -0.4 is 15.6 Å². The lowest BCUT2D eigenvalue weighted by atomic mass is 10.2. The molecule has 3 heteroatoms. The number of benzene rings is 3. The molecule has 122 valence electrons. The van der Waals surface area contributed by atoms with Gasteiger partial charge in [0, 0.05) is 17.6 Å². The van der Waals surface area contributed by atoms with Crippen molar-refractivity contribution < 1.29 is 0 Å². The fourth-order valence-corrected chi connectivity index (χ4v) is 24.8. The summed E-state index contributed by atoms with van der Waals surface area (Å²) in [6.07, 6.45) is 0. The Morgan fingerprint density at radius 2 is 0.917 bits per heavy atom. The molecule has 0 saturated carbocycles. The van der Waals surface area contributed by atoms with Crippen molar-refractivity contribution in [1.29, 1.82) is 0 Å². The first kappa shape index (κ1) is 17.1. The van der Waals surface area contributed by atoms with Gasteiger partial charge in [-0.1, -0.05) is 105 Å². The summed E-state index contributed by atoms with van der Waals surface area (Å²) in [6.45, 7) is 6.55. The molecule has 3 aromatic rings. The van der Waals surface area contributed by atoms with E-state index in [1.165, 1.54) is 16.7 Å². The predicted octanol–water partition coefficient (Wildman–Crippen LogP) is 1.03. The van der Waals surface area contributed by atoms with Gasteiger partial charge in [0.25, 0.3) is 0 Å². The number of hydrogen-bond donors (Lipinski definition) is 0. The number of aryl methyl sites for hydroxylation is 3. The quantitative estimate of drug-likeness (QED) is 0.595. The van der Waals surface area contributed by atoms with Crippen molar-refractivity contribution in [3.63, 3.8) is 0 Å². The third-order valence-electron chi connectivity index (χ3n) is 4.80. The van der Waals surface area contributed by atoms with Gasteiger partial charge in [-0.2, -0.15) is 0 Å². The molecule has 0 aliphatic rings. The van der Waals surface area contributed by atoms with Crippen LogP contribution in [0.1, 0.15) is 16.7 Å². The second-order valence-corrected chi connectivity index (χ2v) is 22.1. The van der Waals surface area contributed by atoms with Crippen molar-refractivity contribution in [2.24, 2.45) is 0 Å². The standard InChI is InChI=1S/C21H26Si3/c1-16-4-10-19(11-5-16)22-23-24(20-12-6-17(2)7-13-20)21-14-8-18(3)9-15-21/h4-15,24H,22-23H2,1-3H3. The summed E-state index contributed by atoms with van der Waals surface area (Å²) in [7, 11) is -1.08. The molecule has 0 unspecified atom stereocenters. The molecular formula is C21H26Si3. The van der Waals surface area contributed by atoms with Gasteiger partial charge in [0.15, 0.2) is 0 Å². The summed E-state index contributed by atoms with van der Waals surface area (Å²) in [5.41, 5.74) is 4.11. The molecule has 0 saturated heterocycles. The zero-order chi connectivity index (χ0) is 16.9. The Kier molecular flexibility index (Phi) is 5.66. The minimum atomic E-state index is -0.973. The first-order chi connectivity index (χ1) is 11.6. The van der Waals surface area contributed by atoms with Crippen LogP contribution in [0.15, 0.2) is 72.8 Å². The van der Waals surface area contributed by atoms with Crippen LogP contribution in [0.4, 0.5) is 0 Å². The Hall–Kier alpha value is -1.69. The molecule has 0 nitrogen and oxygen atoms in total. The summed E-state index contributed by atoms with van der Waals surface area (Å²) < 4.78 is 0. The van der Waals surface area contributed by atoms with E-state index in [0.29, 0.717) is 0 Å². The van der Waals surface area contributed by atoms with Gasteiger partial charge in [0.1, 0.15) is 0 Å². The van der Waals surface area contributed by atoms with Gasteiger partial charge in [-0.05, 0) is 20.8 Å². The van der Waals surface area contributed by atoms with Gasteiger partial charge < -0.3 is 0 Å². The molecule has 24 heavy (non-hydrogen) atoms. The van der Waals surface area contributed by atoms with Crippen LogP contribution in [0.25, 0.3) is 0 Å². The van der Waals surface area contributed by atoms with Crippen LogP contribution in [-0.2, 0) is 0 Å². The highest BCUT2D eigenvalue weighted by Gasteiger charge is 2.17. The molecule has 0 radical (unpaired) electrons. The molecule has 0 bridgehead atoms. The molecule has 0 aromatic heterocycles. The average molecular weight is 363 g/mol. The molecule has 3 aromatic carbocycles. The van der Waals surface area contributed by atoms with E-state index in [1.807, 2.05) is 0 Å². The minimum absolute atomic E-state index is 0.0286. The highest BCUT2D eigenvalue weighted by atomic mass is 29.5.